The van der Waals surface area contributed by atoms with Crippen LogP contribution >= 0.6 is 0 Å². The molecular weight excluding hydrogens is 671 g/mol. The van der Waals surface area contributed by atoms with Gasteiger partial charge in [0.05, 0.1) is 11.0 Å². The van der Waals surface area contributed by atoms with E-state index in [4.69, 9.17) is 8.83 Å². The van der Waals surface area contributed by atoms with Gasteiger partial charge >= 0.3 is 0 Å². The molecule has 0 aliphatic heterocycles. The molecule has 3 nitrogen and oxygen atoms in total. The van der Waals surface area contributed by atoms with Crippen molar-refractivity contribution >= 4 is 76.3 Å². The van der Waals surface area contributed by atoms with Crippen molar-refractivity contribution in [1.82, 2.24) is 4.57 Å². The van der Waals surface area contributed by atoms with Gasteiger partial charge in [0.2, 0.25) is 0 Å². The minimum Gasteiger partial charge on any atom is -0.456 e. The predicted octanol–water partition coefficient (Wildman–Crippen LogP) is 14.7. The summed E-state index contributed by atoms with van der Waals surface area (Å²) in [6, 6.07) is 67.2. The van der Waals surface area contributed by atoms with E-state index >= 15 is 0 Å². The lowest BCUT2D eigenvalue weighted by Gasteiger charge is -2.17. The number of nitrogens with zero attached hydrogens (tertiary/aromatic N) is 1. The van der Waals surface area contributed by atoms with Crippen LogP contribution < -0.4 is 0 Å². The Labute approximate surface area is 315 Å². The summed E-state index contributed by atoms with van der Waals surface area (Å²) in [5, 5.41) is 10.4. The molecule has 0 aliphatic carbocycles. The number of fused-ring (bicyclic) bond motifs is 9. The van der Waals surface area contributed by atoms with E-state index in [1.165, 1.54) is 43.7 Å². The third-order valence-electron chi connectivity index (χ3n) is 11.4. The Kier molecular flexibility index (Phi) is 6.34. The molecule has 0 N–H and O–H groups in total. The lowest BCUT2D eigenvalue weighted by atomic mass is 9.86. The second-order valence-electron chi connectivity index (χ2n) is 14.4. The van der Waals surface area contributed by atoms with Crippen LogP contribution in [0.25, 0.3) is 116 Å². The van der Waals surface area contributed by atoms with Gasteiger partial charge in [0.25, 0.3) is 0 Å². The zero-order valence-corrected chi connectivity index (χ0v) is 29.7. The largest absolute Gasteiger partial charge is 0.456 e. The van der Waals surface area contributed by atoms with Crippen LogP contribution in [0.3, 0.4) is 0 Å². The first kappa shape index (κ1) is 30.1. The fourth-order valence-electron chi connectivity index (χ4n) is 9.05. The van der Waals surface area contributed by atoms with Crippen molar-refractivity contribution in [3.8, 4) is 39.3 Å². The van der Waals surface area contributed by atoms with Crippen molar-refractivity contribution in [2.24, 2.45) is 0 Å². The van der Waals surface area contributed by atoms with Gasteiger partial charge in [-0.1, -0.05) is 140 Å². The Morgan fingerprint density at radius 3 is 1.58 bits per heavy atom. The van der Waals surface area contributed by atoms with Crippen LogP contribution in [0.15, 0.2) is 197 Å². The van der Waals surface area contributed by atoms with Gasteiger partial charge in [-0.2, -0.15) is 0 Å². The Balaban J connectivity index is 1.17. The maximum atomic E-state index is 7.09. The van der Waals surface area contributed by atoms with Crippen molar-refractivity contribution in [2.75, 3.05) is 0 Å². The van der Waals surface area contributed by atoms with E-state index in [1.807, 2.05) is 12.1 Å². The molecule has 0 saturated carbocycles. The molecule has 0 fully saturated rings. The molecule has 9 aromatic carbocycles. The number of para-hydroxylation sites is 3. The molecule has 12 aromatic rings. The maximum Gasteiger partial charge on any atom is 0.144 e. The lowest BCUT2D eigenvalue weighted by molar-refractivity contribution is 0.630. The number of hydrogen-bond donors (Lipinski definition) is 0. The van der Waals surface area contributed by atoms with Crippen molar-refractivity contribution in [2.45, 2.75) is 0 Å². The third kappa shape index (κ3) is 4.38. The molecule has 12 rings (SSSR count). The predicted molar refractivity (Wildman–Crippen MR) is 229 cm³/mol. The Bertz CT molecular complexity index is 3420. The monoisotopic (exact) mass is 701 g/mol. The molecular formula is C52H31NO2. The smallest absolute Gasteiger partial charge is 0.144 e. The standard InChI is InChI=1S/C52H31NO2/c1-3-15-32(16-4-1)50-43-30-42-36-20-12-14-26-46(36)54-47(42)31-48(43)55-52(50)51-39-23-9-7-21-37(39)49(38-22-8-10-24-40(38)51)33-27-28-45-41(29-33)35-19-11-13-25-44(35)53(45)34-17-5-2-6-18-34/h1-31H. The zero-order valence-electron chi connectivity index (χ0n) is 29.7. The highest BCUT2D eigenvalue weighted by molar-refractivity contribution is 6.24. The van der Waals surface area contributed by atoms with E-state index in [1.54, 1.807) is 0 Å². The first-order valence-electron chi connectivity index (χ1n) is 18.8. The van der Waals surface area contributed by atoms with Gasteiger partial charge in [0, 0.05) is 49.8 Å². The molecule has 0 aliphatic rings. The number of hydrogen-bond acceptors (Lipinski definition) is 2. The van der Waals surface area contributed by atoms with Crippen LogP contribution in [0.1, 0.15) is 0 Å². The molecule has 0 radical (unpaired) electrons. The molecule has 256 valence electrons. The minimum atomic E-state index is 0.804. The quantitative estimate of drug-likeness (QED) is 0.171. The molecule has 0 amide bonds. The molecule has 3 heterocycles. The Hall–Kier alpha value is -7.36. The van der Waals surface area contributed by atoms with Crippen LogP contribution in [-0.2, 0) is 0 Å². The number of benzene rings is 9. The van der Waals surface area contributed by atoms with Gasteiger partial charge in [-0.3, -0.25) is 0 Å². The average Bonchev–Trinajstić information content (AvgIpc) is 3.91. The second kappa shape index (κ2) is 11.6. The van der Waals surface area contributed by atoms with E-state index in [-0.39, 0.29) is 0 Å². The fourth-order valence-corrected chi connectivity index (χ4v) is 9.05. The van der Waals surface area contributed by atoms with E-state index in [2.05, 4.69) is 180 Å². The van der Waals surface area contributed by atoms with Gasteiger partial charge in [-0.05, 0) is 80.7 Å². The Morgan fingerprint density at radius 1 is 0.291 bits per heavy atom. The summed E-state index contributed by atoms with van der Waals surface area (Å²) in [6.45, 7) is 0. The van der Waals surface area contributed by atoms with Gasteiger partial charge < -0.3 is 13.4 Å². The molecule has 3 heteroatoms. The van der Waals surface area contributed by atoms with E-state index in [0.29, 0.717) is 0 Å². The van der Waals surface area contributed by atoms with Crippen LogP contribution in [0, 0.1) is 0 Å². The summed E-state index contributed by atoms with van der Waals surface area (Å²) in [6.07, 6.45) is 0. The fraction of sp³-hybridized carbons (Fsp3) is 0. The van der Waals surface area contributed by atoms with Gasteiger partial charge in [-0.25, -0.2) is 0 Å². The Morgan fingerprint density at radius 2 is 0.855 bits per heavy atom. The summed E-state index contributed by atoms with van der Waals surface area (Å²) in [7, 11) is 0. The molecule has 0 bridgehead atoms. The van der Waals surface area contributed by atoms with Crippen molar-refractivity contribution in [3.05, 3.63) is 188 Å². The molecule has 0 spiro atoms. The van der Waals surface area contributed by atoms with E-state index in [9.17, 15) is 0 Å². The van der Waals surface area contributed by atoms with Gasteiger partial charge in [0.15, 0.2) is 0 Å². The summed E-state index contributed by atoms with van der Waals surface area (Å²) < 4.78 is 15.8. The normalized spacial score (nSPS) is 12.0. The number of furan rings is 2. The SMILES string of the molecule is c1ccc(-c2c(-c3c4ccccc4c(-c4ccc5c(c4)c4ccccc4n5-c4ccccc4)c4ccccc34)oc3cc4oc5ccccc5c4cc23)cc1. The summed E-state index contributed by atoms with van der Waals surface area (Å²) >= 11 is 0. The topological polar surface area (TPSA) is 31.2 Å². The first-order valence-corrected chi connectivity index (χ1v) is 18.8. The van der Waals surface area contributed by atoms with Crippen molar-refractivity contribution in [1.29, 1.82) is 0 Å². The lowest BCUT2D eigenvalue weighted by Crippen LogP contribution is -1.93. The molecule has 0 atom stereocenters. The van der Waals surface area contributed by atoms with Crippen LogP contribution in [0.5, 0.6) is 0 Å². The van der Waals surface area contributed by atoms with E-state index in [0.717, 1.165) is 71.8 Å². The maximum absolute atomic E-state index is 7.09. The minimum absolute atomic E-state index is 0.804. The highest BCUT2D eigenvalue weighted by Gasteiger charge is 2.25. The summed E-state index contributed by atoms with van der Waals surface area (Å²) in [5.74, 6) is 0.860. The molecule has 3 aromatic heterocycles. The van der Waals surface area contributed by atoms with E-state index < -0.39 is 0 Å². The highest BCUT2D eigenvalue weighted by atomic mass is 16.3. The van der Waals surface area contributed by atoms with Gasteiger partial charge in [0.1, 0.15) is 22.5 Å². The van der Waals surface area contributed by atoms with Gasteiger partial charge in [-0.15, -0.1) is 0 Å². The molecule has 0 saturated heterocycles. The second-order valence-corrected chi connectivity index (χ2v) is 14.4. The first-order chi connectivity index (χ1) is 27.3. The van der Waals surface area contributed by atoms with Crippen LogP contribution in [-0.4, -0.2) is 4.57 Å². The van der Waals surface area contributed by atoms with Crippen LogP contribution in [0.4, 0.5) is 0 Å². The summed E-state index contributed by atoms with van der Waals surface area (Å²) in [4.78, 5) is 0. The van der Waals surface area contributed by atoms with Crippen LogP contribution in [0.2, 0.25) is 0 Å². The van der Waals surface area contributed by atoms with Crippen molar-refractivity contribution < 1.29 is 8.83 Å². The number of aromatic nitrogens is 1. The zero-order chi connectivity index (χ0) is 36.0. The summed E-state index contributed by atoms with van der Waals surface area (Å²) in [5.41, 5.74) is 11.7. The molecule has 55 heavy (non-hydrogen) atoms. The molecule has 0 unspecified atom stereocenters. The highest BCUT2D eigenvalue weighted by Crippen LogP contribution is 2.50. The van der Waals surface area contributed by atoms with Crippen molar-refractivity contribution in [3.63, 3.8) is 0 Å². The third-order valence-corrected chi connectivity index (χ3v) is 11.4. The average molecular weight is 702 g/mol. The number of rotatable bonds is 4.